The zero-order chi connectivity index (χ0) is 11.8. The van der Waals surface area contributed by atoms with E-state index in [0.717, 1.165) is 19.5 Å². The van der Waals surface area contributed by atoms with Crippen molar-refractivity contribution < 1.29 is 5.11 Å². The van der Waals surface area contributed by atoms with Crippen molar-refractivity contribution in [3.8, 4) is 0 Å². The number of aliphatic hydroxyl groups is 1. The van der Waals surface area contributed by atoms with E-state index in [1.807, 2.05) is 13.8 Å². The van der Waals surface area contributed by atoms with Crippen molar-refractivity contribution in [2.45, 2.75) is 44.9 Å². The molecule has 0 bridgehead atoms. The van der Waals surface area contributed by atoms with Gasteiger partial charge in [0.25, 0.3) is 0 Å². The molecule has 2 rings (SSSR count). The molecule has 1 atom stereocenters. The van der Waals surface area contributed by atoms with Crippen molar-refractivity contribution in [3.05, 3.63) is 20.8 Å². The van der Waals surface area contributed by atoms with E-state index in [4.69, 9.17) is 0 Å². The van der Waals surface area contributed by atoms with Gasteiger partial charge in [-0.25, -0.2) is 0 Å². The van der Waals surface area contributed by atoms with Gasteiger partial charge < -0.3 is 5.11 Å². The Balaban J connectivity index is 2.07. The molecule has 1 saturated heterocycles. The summed E-state index contributed by atoms with van der Waals surface area (Å²) in [6.45, 7) is 5.88. The van der Waals surface area contributed by atoms with Crippen LogP contribution in [0.1, 0.15) is 31.6 Å². The molecule has 0 saturated carbocycles. The third kappa shape index (κ3) is 2.67. The molecule has 0 aliphatic carbocycles. The molecule has 1 aromatic heterocycles. The number of hydrogen-bond acceptors (Lipinski definition) is 3. The number of thiophene rings is 1. The van der Waals surface area contributed by atoms with Gasteiger partial charge in [-0.15, -0.1) is 11.3 Å². The van der Waals surface area contributed by atoms with Gasteiger partial charge in [-0.1, -0.05) is 0 Å². The minimum atomic E-state index is -0.597. The van der Waals surface area contributed by atoms with Crippen LogP contribution < -0.4 is 0 Å². The lowest BCUT2D eigenvalue weighted by Gasteiger charge is -2.33. The summed E-state index contributed by atoms with van der Waals surface area (Å²) >= 11 is 5.34. The van der Waals surface area contributed by atoms with Gasteiger partial charge in [0.2, 0.25) is 0 Å². The first-order valence-electron chi connectivity index (χ1n) is 5.67. The minimum absolute atomic E-state index is 0.293. The van der Waals surface area contributed by atoms with Crippen molar-refractivity contribution in [3.63, 3.8) is 0 Å². The van der Waals surface area contributed by atoms with E-state index in [1.54, 1.807) is 11.3 Å². The fraction of sp³-hybridized carbons (Fsp3) is 0.667. The third-order valence-electron chi connectivity index (χ3n) is 3.22. The number of likely N-dealkylation sites (tertiary alicyclic amines) is 1. The van der Waals surface area contributed by atoms with E-state index in [-0.39, 0.29) is 0 Å². The summed E-state index contributed by atoms with van der Waals surface area (Å²) in [6, 6.07) is 2.39. The molecule has 1 aromatic rings. The maximum Gasteiger partial charge on any atom is 0.0746 e. The molecule has 0 radical (unpaired) electrons. The number of hydrogen-bond donors (Lipinski definition) is 1. The lowest BCUT2D eigenvalue weighted by molar-refractivity contribution is -0.00477. The van der Waals surface area contributed by atoms with Gasteiger partial charge in [-0.3, -0.25) is 4.90 Å². The van der Waals surface area contributed by atoms with Crippen LogP contribution in [0.15, 0.2) is 15.9 Å². The lowest BCUT2D eigenvalue weighted by atomic mass is 9.97. The molecular formula is C12H18BrNOS. The fourth-order valence-corrected chi connectivity index (χ4v) is 3.94. The van der Waals surface area contributed by atoms with Gasteiger partial charge in [0.05, 0.1) is 5.60 Å². The highest BCUT2D eigenvalue weighted by Gasteiger charge is 2.35. The first-order valence-corrected chi connectivity index (χ1v) is 7.34. The molecule has 2 heterocycles. The molecule has 2 nitrogen and oxygen atoms in total. The SMILES string of the molecule is CC(C)(O)C1CCCN1Cc1sccc1Br. The van der Waals surface area contributed by atoms with Gasteiger partial charge in [-0.2, -0.15) is 0 Å². The first kappa shape index (κ1) is 12.6. The Morgan fingerprint density at radius 3 is 2.94 bits per heavy atom. The second kappa shape index (κ2) is 4.77. The molecule has 1 N–H and O–H groups in total. The van der Waals surface area contributed by atoms with Crippen LogP contribution in [-0.4, -0.2) is 28.2 Å². The van der Waals surface area contributed by atoms with Crippen LogP contribution in [0, 0.1) is 0 Å². The second-order valence-electron chi connectivity index (χ2n) is 4.97. The average molecular weight is 304 g/mol. The van der Waals surface area contributed by atoms with Crippen LogP contribution in [0.2, 0.25) is 0 Å². The summed E-state index contributed by atoms with van der Waals surface area (Å²) in [5.41, 5.74) is -0.597. The van der Waals surface area contributed by atoms with Crippen LogP contribution >= 0.6 is 27.3 Å². The summed E-state index contributed by atoms with van der Waals surface area (Å²) in [6.07, 6.45) is 2.30. The van der Waals surface area contributed by atoms with Crippen LogP contribution in [0.3, 0.4) is 0 Å². The predicted octanol–water partition coefficient (Wildman–Crippen LogP) is 3.25. The molecule has 0 amide bonds. The summed E-state index contributed by atoms with van der Waals surface area (Å²) in [5, 5.41) is 12.2. The molecular weight excluding hydrogens is 286 g/mol. The second-order valence-corrected chi connectivity index (χ2v) is 6.83. The third-order valence-corrected chi connectivity index (χ3v) is 5.13. The number of nitrogens with zero attached hydrogens (tertiary/aromatic N) is 1. The van der Waals surface area contributed by atoms with E-state index in [9.17, 15) is 5.11 Å². The standard InChI is InChI=1S/C12H18BrNOS/c1-12(2,15)11-4-3-6-14(11)8-10-9(13)5-7-16-10/h5,7,11,15H,3-4,6,8H2,1-2H3. The number of halogens is 1. The molecule has 90 valence electrons. The van der Waals surface area contributed by atoms with Crippen molar-refractivity contribution in [2.24, 2.45) is 0 Å². The highest BCUT2D eigenvalue weighted by Crippen LogP contribution is 2.31. The normalized spacial score (nSPS) is 22.9. The minimum Gasteiger partial charge on any atom is -0.389 e. The molecule has 4 heteroatoms. The van der Waals surface area contributed by atoms with E-state index < -0.39 is 5.60 Å². The Labute approximate surface area is 109 Å². The van der Waals surface area contributed by atoms with Crippen molar-refractivity contribution >= 4 is 27.3 Å². The summed E-state index contributed by atoms with van der Waals surface area (Å²) < 4.78 is 1.19. The van der Waals surface area contributed by atoms with Gasteiger partial charge in [-0.05, 0) is 60.6 Å². The van der Waals surface area contributed by atoms with E-state index >= 15 is 0 Å². The average Bonchev–Trinajstić information content (AvgIpc) is 2.76. The highest BCUT2D eigenvalue weighted by molar-refractivity contribution is 9.10. The van der Waals surface area contributed by atoms with Crippen molar-refractivity contribution in [1.29, 1.82) is 0 Å². The van der Waals surface area contributed by atoms with Crippen LogP contribution in [-0.2, 0) is 6.54 Å². The van der Waals surface area contributed by atoms with Crippen LogP contribution in [0.4, 0.5) is 0 Å². The Morgan fingerprint density at radius 2 is 2.38 bits per heavy atom. The maximum absolute atomic E-state index is 10.1. The number of rotatable bonds is 3. The monoisotopic (exact) mass is 303 g/mol. The van der Waals surface area contributed by atoms with Crippen molar-refractivity contribution in [2.75, 3.05) is 6.54 Å². The zero-order valence-electron chi connectivity index (χ0n) is 9.74. The predicted molar refractivity (Wildman–Crippen MR) is 71.7 cm³/mol. The topological polar surface area (TPSA) is 23.5 Å². The van der Waals surface area contributed by atoms with E-state index in [1.165, 1.54) is 15.8 Å². The van der Waals surface area contributed by atoms with Crippen LogP contribution in [0.5, 0.6) is 0 Å². The Morgan fingerprint density at radius 1 is 1.62 bits per heavy atom. The Hall–Kier alpha value is 0.100. The molecule has 1 fully saturated rings. The van der Waals surface area contributed by atoms with E-state index in [2.05, 4.69) is 32.3 Å². The summed E-state index contributed by atoms with van der Waals surface area (Å²) in [4.78, 5) is 3.76. The fourth-order valence-electron chi connectivity index (χ4n) is 2.44. The van der Waals surface area contributed by atoms with Crippen LogP contribution in [0.25, 0.3) is 0 Å². The molecule has 1 aliphatic heterocycles. The van der Waals surface area contributed by atoms with Gasteiger partial charge in [0, 0.05) is 21.9 Å². The summed E-state index contributed by atoms with van der Waals surface area (Å²) in [5.74, 6) is 0. The zero-order valence-corrected chi connectivity index (χ0v) is 12.1. The lowest BCUT2D eigenvalue weighted by Crippen LogP contribution is -2.45. The molecule has 1 aliphatic rings. The highest BCUT2D eigenvalue weighted by atomic mass is 79.9. The van der Waals surface area contributed by atoms with Gasteiger partial charge in [0.1, 0.15) is 0 Å². The molecule has 1 unspecified atom stereocenters. The smallest absolute Gasteiger partial charge is 0.0746 e. The van der Waals surface area contributed by atoms with E-state index in [0.29, 0.717) is 6.04 Å². The molecule has 0 aromatic carbocycles. The Bertz CT molecular complexity index is 358. The first-order chi connectivity index (χ1) is 7.48. The van der Waals surface area contributed by atoms with Gasteiger partial charge >= 0.3 is 0 Å². The summed E-state index contributed by atoms with van der Waals surface area (Å²) in [7, 11) is 0. The molecule has 16 heavy (non-hydrogen) atoms. The van der Waals surface area contributed by atoms with Crippen molar-refractivity contribution in [1.82, 2.24) is 4.90 Å². The Kier molecular flexibility index (Phi) is 3.74. The largest absolute Gasteiger partial charge is 0.389 e. The van der Waals surface area contributed by atoms with Gasteiger partial charge in [0.15, 0.2) is 0 Å². The quantitative estimate of drug-likeness (QED) is 0.926. The molecule has 0 spiro atoms. The maximum atomic E-state index is 10.1.